The van der Waals surface area contributed by atoms with Crippen LogP contribution in [0.3, 0.4) is 0 Å². The van der Waals surface area contributed by atoms with Crippen molar-refractivity contribution in [2.75, 3.05) is 4.72 Å². The molecule has 4 N–H and O–H groups in total. The average molecular weight is 358 g/mol. The summed E-state index contributed by atoms with van der Waals surface area (Å²) in [5.41, 5.74) is 8.59. The molecule has 0 fully saturated rings. The lowest BCUT2D eigenvalue weighted by Crippen LogP contribution is -2.32. The van der Waals surface area contributed by atoms with Crippen molar-refractivity contribution < 1.29 is 9.90 Å². The van der Waals surface area contributed by atoms with E-state index < -0.39 is 12.0 Å². The maximum atomic E-state index is 11.0. The van der Waals surface area contributed by atoms with E-state index in [0.29, 0.717) is 6.42 Å². The van der Waals surface area contributed by atoms with Crippen LogP contribution < -0.4 is 10.5 Å². The molecule has 0 saturated heterocycles. The molecule has 1 aromatic heterocycles. The highest BCUT2D eigenvalue weighted by Crippen LogP contribution is 2.34. The molecule has 6 heteroatoms. The molecule has 2 aromatic carbocycles. The second kappa shape index (κ2) is 7.25. The van der Waals surface area contributed by atoms with Gasteiger partial charge in [-0.2, -0.15) is 0 Å². The van der Waals surface area contributed by atoms with Gasteiger partial charge in [0.15, 0.2) is 0 Å². The Morgan fingerprint density at radius 1 is 1.33 bits per heavy atom. The zero-order chi connectivity index (χ0) is 17.1. The van der Waals surface area contributed by atoms with Crippen molar-refractivity contribution >= 4 is 45.0 Å². The summed E-state index contributed by atoms with van der Waals surface area (Å²) in [7, 11) is 0. The van der Waals surface area contributed by atoms with E-state index in [1.807, 2.05) is 37.3 Å². The van der Waals surface area contributed by atoms with Gasteiger partial charge in [-0.1, -0.05) is 24.3 Å². The van der Waals surface area contributed by atoms with Crippen molar-refractivity contribution in [1.29, 1.82) is 0 Å². The zero-order valence-electron chi connectivity index (χ0n) is 13.2. The fraction of sp³-hybridized carbons (Fsp3) is 0.167. The van der Waals surface area contributed by atoms with Crippen LogP contribution >= 0.6 is 23.3 Å². The first-order valence-electron chi connectivity index (χ1n) is 7.51. The highest BCUT2D eigenvalue weighted by molar-refractivity contribution is 8.01. The van der Waals surface area contributed by atoms with E-state index in [4.69, 9.17) is 10.8 Å². The smallest absolute Gasteiger partial charge is 0.320 e. The van der Waals surface area contributed by atoms with E-state index in [2.05, 4.69) is 22.2 Å². The SMILES string of the molecule is Cc1ccc(NSc2csc3ccccc23)cc1CC(N)C(=O)O. The molecule has 0 bridgehead atoms. The topological polar surface area (TPSA) is 75.3 Å². The summed E-state index contributed by atoms with van der Waals surface area (Å²) < 4.78 is 4.61. The number of aryl methyl sites for hydroxylation is 1. The second-order valence-corrected chi connectivity index (χ2v) is 7.35. The van der Waals surface area contributed by atoms with E-state index in [1.54, 1.807) is 23.3 Å². The third-order valence-electron chi connectivity index (χ3n) is 3.83. The molecular weight excluding hydrogens is 340 g/mol. The van der Waals surface area contributed by atoms with Gasteiger partial charge < -0.3 is 15.6 Å². The number of hydrogen-bond donors (Lipinski definition) is 3. The Kier molecular flexibility index (Phi) is 5.08. The van der Waals surface area contributed by atoms with Gasteiger partial charge in [-0.3, -0.25) is 4.79 Å². The minimum Gasteiger partial charge on any atom is -0.480 e. The van der Waals surface area contributed by atoms with E-state index >= 15 is 0 Å². The molecule has 1 atom stereocenters. The summed E-state index contributed by atoms with van der Waals surface area (Å²) in [5, 5.41) is 12.4. The molecule has 0 aliphatic carbocycles. The number of anilines is 1. The van der Waals surface area contributed by atoms with Gasteiger partial charge in [-0.05, 0) is 54.6 Å². The Morgan fingerprint density at radius 3 is 2.92 bits per heavy atom. The Morgan fingerprint density at radius 2 is 2.12 bits per heavy atom. The summed E-state index contributed by atoms with van der Waals surface area (Å²) >= 11 is 3.29. The summed E-state index contributed by atoms with van der Waals surface area (Å²) in [6.07, 6.45) is 0.322. The zero-order valence-corrected chi connectivity index (χ0v) is 14.8. The number of nitrogens with one attached hydrogen (secondary N) is 1. The maximum absolute atomic E-state index is 11.0. The lowest BCUT2D eigenvalue weighted by Gasteiger charge is -2.12. The van der Waals surface area contributed by atoms with Crippen LogP contribution in [0.2, 0.25) is 0 Å². The van der Waals surface area contributed by atoms with E-state index in [-0.39, 0.29) is 0 Å². The lowest BCUT2D eigenvalue weighted by atomic mass is 10.0. The van der Waals surface area contributed by atoms with Crippen LogP contribution in [0.4, 0.5) is 5.69 Å². The van der Waals surface area contributed by atoms with E-state index in [1.165, 1.54) is 15.0 Å². The summed E-state index contributed by atoms with van der Waals surface area (Å²) in [6, 6.07) is 13.4. The molecule has 0 amide bonds. The molecule has 0 radical (unpaired) electrons. The monoisotopic (exact) mass is 358 g/mol. The number of hydrogen-bond acceptors (Lipinski definition) is 5. The maximum Gasteiger partial charge on any atom is 0.320 e. The summed E-state index contributed by atoms with van der Waals surface area (Å²) in [6.45, 7) is 1.97. The predicted octanol–water partition coefficient (Wildman–Crippen LogP) is 4.28. The standard InChI is InChI=1S/C18H18N2O2S2/c1-11-6-7-13(8-12(11)9-15(19)18(21)22)20-24-17-10-23-16-5-3-2-4-14(16)17/h2-8,10,15,20H,9,19H2,1H3,(H,21,22). The number of carboxylic acid groups (broad SMARTS) is 1. The molecule has 0 saturated carbocycles. The molecule has 3 rings (SSSR count). The Bertz CT molecular complexity index is 876. The first kappa shape index (κ1) is 16.8. The van der Waals surface area contributed by atoms with Gasteiger partial charge in [0, 0.05) is 26.0 Å². The largest absolute Gasteiger partial charge is 0.480 e. The van der Waals surface area contributed by atoms with Crippen molar-refractivity contribution in [2.24, 2.45) is 5.73 Å². The van der Waals surface area contributed by atoms with Crippen molar-refractivity contribution in [3.63, 3.8) is 0 Å². The van der Waals surface area contributed by atoms with Crippen molar-refractivity contribution in [3.05, 3.63) is 59.0 Å². The number of thiophene rings is 1. The van der Waals surface area contributed by atoms with Crippen LogP contribution in [0.15, 0.2) is 52.7 Å². The van der Waals surface area contributed by atoms with E-state index in [0.717, 1.165) is 16.8 Å². The van der Waals surface area contributed by atoms with Crippen LogP contribution in [0.1, 0.15) is 11.1 Å². The Labute approximate surface area is 148 Å². The van der Waals surface area contributed by atoms with Crippen molar-refractivity contribution in [1.82, 2.24) is 0 Å². The number of nitrogens with two attached hydrogens (primary N) is 1. The van der Waals surface area contributed by atoms with Crippen LogP contribution in [0.5, 0.6) is 0 Å². The van der Waals surface area contributed by atoms with Crippen molar-refractivity contribution in [3.8, 4) is 0 Å². The fourth-order valence-electron chi connectivity index (χ4n) is 2.43. The normalized spacial score (nSPS) is 12.2. The van der Waals surface area contributed by atoms with Gasteiger partial charge >= 0.3 is 5.97 Å². The third kappa shape index (κ3) is 3.72. The van der Waals surface area contributed by atoms with Crippen LogP contribution in [0.25, 0.3) is 10.1 Å². The van der Waals surface area contributed by atoms with Gasteiger partial charge in [-0.25, -0.2) is 0 Å². The quantitative estimate of drug-likeness (QED) is 0.573. The first-order valence-corrected chi connectivity index (χ1v) is 9.21. The molecular formula is C18H18N2O2S2. The molecule has 24 heavy (non-hydrogen) atoms. The number of aliphatic carboxylic acids is 1. The summed E-state index contributed by atoms with van der Waals surface area (Å²) in [4.78, 5) is 12.1. The predicted molar refractivity (Wildman–Crippen MR) is 102 cm³/mol. The number of rotatable bonds is 6. The van der Waals surface area contributed by atoms with Crippen molar-refractivity contribution in [2.45, 2.75) is 24.3 Å². The average Bonchev–Trinajstić information content (AvgIpc) is 2.98. The summed E-state index contributed by atoms with van der Waals surface area (Å²) in [5.74, 6) is -0.980. The van der Waals surface area contributed by atoms with Gasteiger partial charge in [-0.15, -0.1) is 11.3 Å². The number of carbonyl (C=O) groups is 1. The molecule has 124 valence electrons. The van der Waals surface area contributed by atoms with Crippen LogP contribution in [0, 0.1) is 6.92 Å². The molecule has 0 aliphatic rings. The van der Waals surface area contributed by atoms with Gasteiger partial charge in [0.1, 0.15) is 6.04 Å². The Balaban J connectivity index is 1.74. The Hall–Kier alpha value is -2.02. The highest BCUT2D eigenvalue weighted by Gasteiger charge is 2.14. The minimum atomic E-state index is -0.980. The van der Waals surface area contributed by atoms with Crippen LogP contribution in [-0.4, -0.2) is 17.1 Å². The number of benzene rings is 2. The molecule has 3 aromatic rings. The highest BCUT2D eigenvalue weighted by atomic mass is 32.2. The lowest BCUT2D eigenvalue weighted by molar-refractivity contribution is -0.138. The van der Waals surface area contributed by atoms with Gasteiger partial charge in [0.25, 0.3) is 0 Å². The fourth-order valence-corrected chi connectivity index (χ4v) is 4.29. The minimum absolute atomic E-state index is 0.322. The number of carboxylic acids is 1. The van der Waals surface area contributed by atoms with E-state index in [9.17, 15) is 4.79 Å². The van der Waals surface area contributed by atoms with Gasteiger partial charge in [0.05, 0.1) is 0 Å². The second-order valence-electron chi connectivity index (χ2n) is 5.59. The first-order chi connectivity index (χ1) is 11.5. The van der Waals surface area contributed by atoms with Gasteiger partial charge in [0.2, 0.25) is 0 Å². The molecule has 0 spiro atoms. The van der Waals surface area contributed by atoms with Crippen LogP contribution in [-0.2, 0) is 11.2 Å². The number of fused-ring (bicyclic) bond motifs is 1. The molecule has 4 nitrogen and oxygen atoms in total. The third-order valence-corrected chi connectivity index (χ3v) is 5.84. The molecule has 1 unspecified atom stereocenters. The molecule has 0 aliphatic heterocycles. The molecule has 1 heterocycles.